The van der Waals surface area contributed by atoms with Crippen molar-refractivity contribution in [2.24, 2.45) is 5.41 Å². The van der Waals surface area contributed by atoms with E-state index in [1.807, 2.05) is 55.6 Å². The second kappa shape index (κ2) is 13.6. The lowest BCUT2D eigenvalue weighted by Gasteiger charge is -2.34. The summed E-state index contributed by atoms with van der Waals surface area (Å²) in [6.45, 7) is 7.79. The zero-order chi connectivity index (χ0) is 26.9. The Kier molecular flexibility index (Phi) is 11.2. The molecule has 0 radical (unpaired) electrons. The van der Waals surface area contributed by atoms with Gasteiger partial charge in [0.2, 0.25) is 0 Å². The van der Waals surface area contributed by atoms with Crippen molar-refractivity contribution < 1.29 is 28.2 Å². The van der Waals surface area contributed by atoms with Gasteiger partial charge in [0.25, 0.3) is 0 Å². The molecule has 0 aromatic heterocycles. The van der Waals surface area contributed by atoms with Crippen LogP contribution < -0.4 is 4.74 Å². The van der Waals surface area contributed by atoms with Gasteiger partial charge in [-0.25, -0.2) is 4.39 Å². The third-order valence-corrected chi connectivity index (χ3v) is 7.02. The number of thioether (sulfide) groups is 1. The van der Waals surface area contributed by atoms with Crippen LogP contribution in [0.5, 0.6) is 5.75 Å². The molecule has 0 N–H and O–H groups in total. The van der Waals surface area contributed by atoms with E-state index in [1.165, 1.54) is 31.9 Å². The van der Waals surface area contributed by atoms with Crippen molar-refractivity contribution in [2.75, 3.05) is 20.5 Å². The second-order valence-corrected chi connectivity index (χ2v) is 10.2. The standard InChI is InChI=1S/C29H37FO5S/c1-19-8-11-22(15-23(19)18-35-17-21-9-12-25(33-5)13-10-21)27(29(3,4)28(32)34-6)26(36-7)16-24(30)14-20(2)31/h8-13,15-16,24,27H,14,17-18H2,1-7H3/b26-16-. The number of methoxy groups -OCH3 is 2. The largest absolute Gasteiger partial charge is 0.497 e. The SMILES string of the molecule is COC(=O)C(C)(C)C(/C(=C/C(F)CC(C)=O)SC)c1ccc(C)c(COCc2ccc(OC)cc2)c1. The normalized spacial score (nSPS) is 13.7. The highest BCUT2D eigenvalue weighted by molar-refractivity contribution is 8.02. The van der Waals surface area contributed by atoms with Gasteiger partial charge < -0.3 is 14.2 Å². The predicted molar refractivity (Wildman–Crippen MR) is 143 cm³/mol. The van der Waals surface area contributed by atoms with E-state index >= 15 is 0 Å². The monoisotopic (exact) mass is 516 g/mol. The summed E-state index contributed by atoms with van der Waals surface area (Å²) in [5.41, 5.74) is 2.94. The highest BCUT2D eigenvalue weighted by Crippen LogP contribution is 2.46. The van der Waals surface area contributed by atoms with E-state index in [-0.39, 0.29) is 12.2 Å². The number of esters is 1. The summed E-state index contributed by atoms with van der Waals surface area (Å²) in [5, 5.41) is 0. The first-order valence-corrected chi connectivity index (χ1v) is 13.0. The highest BCUT2D eigenvalue weighted by atomic mass is 32.2. The topological polar surface area (TPSA) is 61.8 Å². The fourth-order valence-corrected chi connectivity index (χ4v) is 5.09. The Morgan fingerprint density at radius 1 is 1.08 bits per heavy atom. The molecule has 36 heavy (non-hydrogen) atoms. The number of ketones is 1. The number of benzene rings is 2. The van der Waals surface area contributed by atoms with Crippen LogP contribution in [0.2, 0.25) is 0 Å². The summed E-state index contributed by atoms with van der Waals surface area (Å²) in [7, 11) is 2.98. The van der Waals surface area contributed by atoms with Gasteiger partial charge in [-0.05, 0) is 79.3 Å². The van der Waals surface area contributed by atoms with Gasteiger partial charge in [0.1, 0.15) is 17.7 Å². The van der Waals surface area contributed by atoms with Crippen molar-refractivity contribution in [3.8, 4) is 5.75 Å². The van der Waals surface area contributed by atoms with E-state index < -0.39 is 23.5 Å². The van der Waals surface area contributed by atoms with Gasteiger partial charge in [-0.1, -0.05) is 30.3 Å². The molecule has 0 aliphatic heterocycles. The second-order valence-electron chi connectivity index (χ2n) is 9.37. The molecule has 0 saturated heterocycles. The number of hydrogen-bond acceptors (Lipinski definition) is 6. The molecular formula is C29H37FO5S. The minimum Gasteiger partial charge on any atom is -0.497 e. The van der Waals surface area contributed by atoms with Crippen LogP contribution in [0.1, 0.15) is 55.4 Å². The van der Waals surface area contributed by atoms with Gasteiger partial charge in [-0.3, -0.25) is 9.59 Å². The third kappa shape index (κ3) is 7.93. The van der Waals surface area contributed by atoms with Crippen LogP contribution >= 0.6 is 11.8 Å². The Morgan fingerprint density at radius 3 is 2.31 bits per heavy atom. The summed E-state index contributed by atoms with van der Waals surface area (Å²) in [4.78, 5) is 25.0. The maximum absolute atomic E-state index is 14.7. The fourth-order valence-electron chi connectivity index (χ4n) is 4.14. The van der Waals surface area contributed by atoms with Crippen LogP contribution in [0.4, 0.5) is 4.39 Å². The first kappa shape index (κ1) is 29.6. The minimum atomic E-state index is -1.43. The molecule has 0 amide bonds. The summed E-state index contributed by atoms with van der Waals surface area (Å²) in [6, 6.07) is 13.7. The van der Waals surface area contributed by atoms with Crippen LogP contribution in [0, 0.1) is 12.3 Å². The first-order valence-electron chi connectivity index (χ1n) is 11.8. The number of ether oxygens (including phenoxy) is 3. The highest BCUT2D eigenvalue weighted by Gasteiger charge is 2.41. The molecule has 7 heteroatoms. The van der Waals surface area contributed by atoms with Crippen LogP contribution in [0.15, 0.2) is 53.4 Å². The van der Waals surface area contributed by atoms with E-state index in [4.69, 9.17) is 14.2 Å². The van der Waals surface area contributed by atoms with Crippen molar-refractivity contribution in [3.05, 3.63) is 75.7 Å². The van der Waals surface area contributed by atoms with Crippen molar-refractivity contribution in [1.82, 2.24) is 0 Å². The Morgan fingerprint density at radius 2 is 1.75 bits per heavy atom. The molecule has 0 heterocycles. The van der Waals surface area contributed by atoms with Gasteiger partial charge in [-0.2, -0.15) is 0 Å². The Bertz CT molecular complexity index is 1060. The van der Waals surface area contributed by atoms with E-state index in [1.54, 1.807) is 21.0 Å². The molecule has 2 rings (SSSR count). The Labute approximate surface area is 218 Å². The lowest BCUT2D eigenvalue weighted by Crippen LogP contribution is -2.33. The van der Waals surface area contributed by atoms with Crippen LogP contribution in [0.25, 0.3) is 0 Å². The fraction of sp³-hybridized carbons (Fsp3) is 0.448. The van der Waals surface area contributed by atoms with E-state index in [0.29, 0.717) is 18.1 Å². The van der Waals surface area contributed by atoms with E-state index in [9.17, 15) is 14.0 Å². The molecule has 2 unspecified atom stereocenters. The number of Topliss-reactive ketones (excluding diaryl/α,β-unsaturated/α-hetero) is 1. The zero-order valence-corrected chi connectivity index (χ0v) is 23.0. The van der Waals surface area contributed by atoms with Crippen LogP contribution in [-0.2, 0) is 32.3 Å². The lowest BCUT2D eigenvalue weighted by atomic mass is 9.73. The molecule has 196 valence electrons. The van der Waals surface area contributed by atoms with Gasteiger partial charge in [-0.15, -0.1) is 11.8 Å². The number of hydrogen-bond donors (Lipinski definition) is 0. The summed E-state index contributed by atoms with van der Waals surface area (Å²) in [6.07, 6.45) is 1.67. The molecule has 5 nitrogen and oxygen atoms in total. The van der Waals surface area contributed by atoms with Gasteiger partial charge in [0.15, 0.2) is 0 Å². The number of carbonyl (C=O) groups excluding carboxylic acids is 2. The van der Waals surface area contributed by atoms with Crippen LogP contribution in [-0.4, -0.2) is 38.4 Å². The molecule has 0 bridgehead atoms. The van der Waals surface area contributed by atoms with Gasteiger partial charge in [0.05, 0.1) is 32.8 Å². The molecule has 2 atom stereocenters. The molecule has 2 aromatic rings. The van der Waals surface area contributed by atoms with Crippen molar-refractivity contribution in [2.45, 2.75) is 59.4 Å². The van der Waals surface area contributed by atoms with Gasteiger partial charge in [0, 0.05) is 12.3 Å². The number of rotatable bonds is 13. The molecule has 0 fully saturated rings. The number of carbonyl (C=O) groups is 2. The van der Waals surface area contributed by atoms with Crippen molar-refractivity contribution in [1.29, 1.82) is 0 Å². The average molecular weight is 517 g/mol. The van der Waals surface area contributed by atoms with Gasteiger partial charge >= 0.3 is 5.97 Å². The van der Waals surface area contributed by atoms with E-state index in [0.717, 1.165) is 28.0 Å². The maximum atomic E-state index is 14.7. The molecule has 0 aliphatic rings. The number of halogens is 1. The average Bonchev–Trinajstić information content (AvgIpc) is 2.84. The third-order valence-electron chi connectivity index (χ3n) is 6.17. The number of alkyl halides is 1. The minimum absolute atomic E-state index is 0.201. The number of aryl methyl sites for hydroxylation is 1. The molecular weight excluding hydrogens is 479 g/mol. The molecule has 2 aromatic carbocycles. The quantitative estimate of drug-likeness (QED) is 0.281. The van der Waals surface area contributed by atoms with Crippen molar-refractivity contribution in [3.63, 3.8) is 0 Å². The summed E-state index contributed by atoms with van der Waals surface area (Å²) in [5.74, 6) is -0.300. The Balaban J connectivity index is 2.39. The lowest BCUT2D eigenvalue weighted by molar-refractivity contribution is -0.151. The summed E-state index contributed by atoms with van der Waals surface area (Å²) >= 11 is 1.37. The number of allylic oxidation sites excluding steroid dienone is 2. The Hall–Kier alpha value is -2.64. The zero-order valence-electron chi connectivity index (χ0n) is 22.2. The molecule has 0 aliphatic carbocycles. The van der Waals surface area contributed by atoms with Crippen LogP contribution in [0.3, 0.4) is 0 Å². The van der Waals surface area contributed by atoms with E-state index in [2.05, 4.69) is 0 Å². The smallest absolute Gasteiger partial charge is 0.312 e. The molecule has 0 spiro atoms. The maximum Gasteiger partial charge on any atom is 0.312 e. The predicted octanol–water partition coefficient (Wildman–Crippen LogP) is 6.57. The first-order chi connectivity index (χ1) is 17.0. The van der Waals surface area contributed by atoms with Crippen molar-refractivity contribution >= 4 is 23.5 Å². The molecule has 0 saturated carbocycles. The summed E-state index contributed by atoms with van der Waals surface area (Å²) < 4.78 is 31.0.